The van der Waals surface area contributed by atoms with Gasteiger partial charge in [-0.25, -0.2) is 4.79 Å². The zero-order chi connectivity index (χ0) is 12.4. The summed E-state index contributed by atoms with van der Waals surface area (Å²) < 4.78 is 6.83. The van der Waals surface area contributed by atoms with Crippen molar-refractivity contribution in [2.45, 2.75) is 19.9 Å². The van der Waals surface area contributed by atoms with Gasteiger partial charge in [-0.15, -0.1) is 0 Å². The zero-order valence-corrected chi connectivity index (χ0v) is 9.88. The predicted octanol–water partition coefficient (Wildman–Crippen LogP) is 2.47. The Balaban J connectivity index is 2.39. The Labute approximate surface area is 99.4 Å². The maximum absolute atomic E-state index is 11.7. The van der Waals surface area contributed by atoms with Gasteiger partial charge in [-0.3, -0.25) is 0 Å². The molecule has 2 aromatic rings. The van der Waals surface area contributed by atoms with Gasteiger partial charge in [0.1, 0.15) is 11.8 Å². The molecule has 0 bridgehead atoms. The Morgan fingerprint density at radius 2 is 2.24 bits per heavy atom. The van der Waals surface area contributed by atoms with Gasteiger partial charge in [0.15, 0.2) is 0 Å². The van der Waals surface area contributed by atoms with Gasteiger partial charge >= 0.3 is 5.97 Å². The molecule has 0 aliphatic carbocycles. The van der Waals surface area contributed by atoms with Crippen molar-refractivity contribution in [3.8, 4) is 5.75 Å². The molecule has 0 radical (unpaired) electrons. The molecule has 1 unspecified atom stereocenters. The fourth-order valence-electron chi connectivity index (χ4n) is 1.87. The van der Waals surface area contributed by atoms with Gasteiger partial charge in [0.2, 0.25) is 0 Å². The topological polar surface area (TPSA) is 51.5 Å². The number of ether oxygens (including phenoxy) is 1. The van der Waals surface area contributed by atoms with Crippen molar-refractivity contribution in [1.82, 2.24) is 4.57 Å². The number of benzene rings is 1. The van der Waals surface area contributed by atoms with Crippen molar-refractivity contribution in [3.63, 3.8) is 0 Å². The highest BCUT2D eigenvalue weighted by atomic mass is 16.5. The first-order valence-corrected chi connectivity index (χ1v) is 5.59. The van der Waals surface area contributed by atoms with Crippen molar-refractivity contribution in [2.75, 3.05) is 6.61 Å². The SMILES string of the molecule is CCOC(=O)C(C)n1ccc2cc(O)ccc21. The molecule has 1 N–H and O–H groups in total. The molecule has 1 heterocycles. The second-order valence-corrected chi connectivity index (χ2v) is 3.89. The Bertz CT molecular complexity index is 545. The highest BCUT2D eigenvalue weighted by molar-refractivity contribution is 5.84. The molecule has 1 aromatic heterocycles. The highest BCUT2D eigenvalue weighted by Gasteiger charge is 2.17. The van der Waals surface area contributed by atoms with Crippen LogP contribution in [0.3, 0.4) is 0 Å². The van der Waals surface area contributed by atoms with Crippen molar-refractivity contribution in [1.29, 1.82) is 0 Å². The second kappa shape index (κ2) is 4.49. The van der Waals surface area contributed by atoms with Gasteiger partial charge in [0.05, 0.1) is 6.61 Å². The molecular formula is C13H15NO3. The number of aromatic nitrogens is 1. The van der Waals surface area contributed by atoms with Crippen LogP contribution in [0.1, 0.15) is 19.9 Å². The lowest BCUT2D eigenvalue weighted by Crippen LogP contribution is -2.18. The number of phenols is 1. The van der Waals surface area contributed by atoms with Crippen LogP contribution in [0.2, 0.25) is 0 Å². The van der Waals surface area contributed by atoms with Gasteiger partial charge in [-0.2, -0.15) is 0 Å². The van der Waals surface area contributed by atoms with Crippen LogP contribution in [-0.2, 0) is 9.53 Å². The van der Waals surface area contributed by atoms with Gasteiger partial charge in [-0.1, -0.05) is 0 Å². The summed E-state index contributed by atoms with van der Waals surface area (Å²) in [5.74, 6) is -0.0305. The summed E-state index contributed by atoms with van der Waals surface area (Å²) in [6.45, 7) is 3.96. The number of hydrogen-bond acceptors (Lipinski definition) is 3. The number of carbonyl (C=O) groups excluding carboxylic acids is 1. The van der Waals surface area contributed by atoms with E-state index in [-0.39, 0.29) is 17.8 Å². The van der Waals surface area contributed by atoms with E-state index in [9.17, 15) is 9.90 Å². The second-order valence-electron chi connectivity index (χ2n) is 3.89. The van der Waals surface area contributed by atoms with E-state index in [2.05, 4.69) is 0 Å². The van der Waals surface area contributed by atoms with Crippen molar-refractivity contribution < 1.29 is 14.6 Å². The number of fused-ring (bicyclic) bond motifs is 1. The Morgan fingerprint density at radius 3 is 2.94 bits per heavy atom. The molecule has 0 saturated heterocycles. The molecule has 0 saturated carbocycles. The van der Waals surface area contributed by atoms with Gasteiger partial charge in [0.25, 0.3) is 0 Å². The minimum Gasteiger partial charge on any atom is -0.508 e. The number of aromatic hydroxyl groups is 1. The van der Waals surface area contributed by atoms with E-state index in [1.807, 2.05) is 16.8 Å². The first-order valence-electron chi connectivity index (χ1n) is 5.59. The van der Waals surface area contributed by atoms with Crippen LogP contribution in [0.25, 0.3) is 10.9 Å². The monoisotopic (exact) mass is 233 g/mol. The lowest BCUT2D eigenvalue weighted by atomic mass is 10.2. The van der Waals surface area contributed by atoms with Crippen LogP contribution in [0.4, 0.5) is 0 Å². The molecule has 90 valence electrons. The summed E-state index contributed by atoms with van der Waals surface area (Å²) in [4.78, 5) is 11.7. The van der Waals surface area contributed by atoms with E-state index in [4.69, 9.17) is 4.74 Å². The number of esters is 1. The minimum absolute atomic E-state index is 0.221. The Hall–Kier alpha value is -1.97. The number of phenolic OH excluding ortho intramolecular Hbond substituents is 1. The molecule has 17 heavy (non-hydrogen) atoms. The van der Waals surface area contributed by atoms with Crippen LogP contribution >= 0.6 is 0 Å². The first-order chi connectivity index (χ1) is 8.13. The largest absolute Gasteiger partial charge is 0.508 e. The summed E-state index contributed by atoms with van der Waals surface area (Å²) >= 11 is 0. The molecule has 1 atom stereocenters. The van der Waals surface area contributed by atoms with Crippen molar-refractivity contribution >= 4 is 16.9 Å². The fraction of sp³-hybridized carbons (Fsp3) is 0.308. The molecule has 4 nitrogen and oxygen atoms in total. The van der Waals surface area contributed by atoms with Crippen LogP contribution in [0.15, 0.2) is 30.5 Å². The fourth-order valence-corrected chi connectivity index (χ4v) is 1.87. The molecular weight excluding hydrogens is 218 g/mol. The quantitative estimate of drug-likeness (QED) is 0.828. The van der Waals surface area contributed by atoms with E-state index in [0.717, 1.165) is 10.9 Å². The van der Waals surface area contributed by atoms with E-state index in [1.165, 1.54) is 0 Å². The number of carbonyl (C=O) groups is 1. The van der Waals surface area contributed by atoms with E-state index in [1.54, 1.807) is 32.0 Å². The van der Waals surface area contributed by atoms with Crippen LogP contribution < -0.4 is 0 Å². The zero-order valence-electron chi connectivity index (χ0n) is 9.88. The Kier molecular flexibility index (Phi) is 3.04. The number of hydrogen-bond donors (Lipinski definition) is 1. The van der Waals surface area contributed by atoms with Gasteiger partial charge in [0, 0.05) is 17.1 Å². The third-order valence-corrected chi connectivity index (χ3v) is 2.75. The molecule has 1 aromatic carbocycles. The normalized spacial score (nSPS) is 12.6. The van der Waals surface area contributed by atoms with Crippen LogP contribution in [0, 0.1) is 0 Å². The number of nitrogens with zero attached hydrogens (tertiary/aromatic N) is 1. The summed E-state index contributed by atoms with van der Waals surface area (Å²) in [6.07, 6.45) is 1.83. The molecule has 4 heteroatoms. The molecule has 0 aliphatic heterocycles. The average molecular weight is 233 g/mol. The van der Waals surface area contributed by atoms with Crippen molar-refractivity contribution in [2.24, 2.45) is 0 Å². The highest BCUT2D eigenvalue weighted by Crippen LogP contribution is 2.24. The summed E-state index contributed by atoms with van der Waals surface area (Å²) in [5.41, 5.74) is 0.906. The van der Waals surface area contributed by atoms with Crippen LogP contribution in [0.5, 0.6) is 5.75 Å². The Morgan fingerprint density at radius 1 is 1.47 bits per heavy atom. The average Bonchev–Trinajstić information content (AvgIpc) is 2.71. The van der Waals surface area contributed by atoms with Gasteiger partial charge in [-0.05, 0) is 38.1 Å². The molecule has 2 rings (SSSR count). The molecule has 0 spiro atoms. The lowest BCUT2D eigenvalue weighted by Gasteiger charge is -2.13. The summed E-state index contributed by atoms with van der Waals surface area (Å²) in [5, 5.41) is 10.3. The van der Waals surface area contributed by atoms with E-state index < -0.39 is 0 Å². The maximum atomic E-state index is 11.7. The third-order valence-electron chi connectivity index (χ3n) is 2.75. The summed E-state index contributed by atoms with van der Waals surface area (Å²) in [7, 11) is 0. The predicted molar refractivity (Wildman–Crippen MR) is 64.9 cm³/mol. The smallest absolute Gasteiger partial charge is 0.328 e. The number of rotatable bonds is 3. The van der Waals surface area contributed by atoms with E-state index in [0.29, 0.717) is 6.61 Å². The third kappa shape index (κ3) is 2.11. The maximum Gasteiger partial charge on any atom is 0.328 e. The standard InChI is InChI=1S/C13H15NO3/c1-3-17-13(16)9(2)14-7-6-10-8-11(15)4-5-12(10)14/h4-9,15H,3H2,1-2H3. The summed E-state index contributed by atoms with van der Waals surface area (Å²) in [6, 6.07) is 6.57. The first kappa shape index (κ1) is 11.5. The van der Waals surface area contributed by atoms with Gasteiger partial charge < -0.3 is 14.4 Å². The minimum atomic E-state index is -0.364. The van der Waals surface area contributed by atoms with Crippen molar-refractivity contribution in [3.05, 3.63) is 30.5 Å². The molecule has 0 amide bonds. The molecule has 0 aliphatic rings. The van der Waals surface area contributed by atoms with Crippen LogP contribution in [-0.4, -0.2) is 22.2 Å². The van der Waals surface area contributed by atoms with E-state index >= 15 is 0 Å². The molecule has 0 fully saturated rings. The lowest BCUT2D eigenvalue weighted by molar-refractivity contribution is -0.146.